The molecule has 8 heteroatoms. The fourth-order valence-corrected chi connectivity index (χ4v) is 5.31. The smallest absolute Gasteiger partial charge is 0.411 e. The Labute approximate surface area is 216 Å². The number of aromatic nitrogens is 1. The molecule has 2 fully saturated rings. The zero-order valence-corrected chi connectivity index (χ0v) is 22.1. The van der Waals surface area contributed by atoms with Crippen LogP contribution in [0.15, 0.2) is 53.7 Å². The van der Waals surface area contributed by atoms with Crippen molar-refractivity contribution >= 4 is 34.9 Å². The van der Waals surface area contributed by atoms with Crippen molar-refractivity contribution in [3.05, 3.63) is 59.4 Å². The molecule has 2 saturated heterocycles. The van der Waals surface area contributed by atoms with Gasteiger partial charge in [-0.1, -0.05) is 30.3 Å². The number of para-hydroxylation sites is 1. The maximum atomic E-state index is 13.4. The summed E-state index contributed by atoms with van der Waals surface area (Å²) in [5.41, 5.74) is 1.17. The van der Waals surface area contributed by atoms with Crippen molar-refractivity contribution < 1.29 is 23.9 Å². The number of rotatable bonds is 3. The molecule has 0 bridgehead atoms. The van der Waals surface area contributed by atoms with Crippen LogP contribution in [0.2, 0.25) is 0 Å². The van der Waals surface area contributed by atoms with Crippen LogP contribution in [0.25, 0.3) is 17.0 Å². The molecule has 1 aromatic heterocycles. The lowest BCUT2D eigenvalue weighted by Gasteiger charge is -2.50. The first kappa shape index (κ1) is 25.0. The number of nitrogens with zero attached hydrogens (tertiary/aromatic N) is 3. The highest BCUT2D eigenvalue weighted by Crippen LogP contribution is 2.48. The predicted octanol–water partition coefficient (Wildman–Crippen LogP) is 4.69. The molecule has 3 atom stereocenters. The van der Waals surface area contributed by atoms with Crippen molar-refractivity contribution in [3.63, 3.8) is 0 Å². The number of allylic oxidation sites excluding steroid dienone is 2. The molecule has 0 N–H and O–H groups in total. The number of fused-ring (bicyclic) bond motifs is 1. The van der Waals surface area contributed by atoms with Crippen molar-refractivity contribution in [1.29, 1.82) is 0 Å². The molecule has 37 heavy (non-hydrogen) atoms. The minimum Gasteiger partial charge on any atom is -0.455 e. The fourth-order valence-electron chi connectivity index (χ4n) is 5.31. The summed E-state index contributed by atoms with van der Waals surface area (Å²) in [7, 11) is 0. The van der Waals surface area contributed by atoms with Gasteiger partial charge >= 0.3 is 12.1 Å². The van der Waals surface area contributed by atoms with Gasteiger partial charge in [0.15, 0.2) is 0 Å². The summed E-state index contributed by atoms with van der Waals surface area (Å²) in [6.07, 6.45) is 3.73. The molecular weight excluding hydrogens is 470 g/mol. The summed E-state index contributed by atoms with van der Waals surface area (Å²) >= 11 is 0. The zero-order valence-electron chi connectivity index (χ0n) is 22.1. The number of β-lactam (4-membered cyclic amide) rings is 1. The van der Waals surface area contributed by atoms with Crippen LogP contribution in [-0.4, -0.2) is 62.6 Å². The van der Waals surface area contributed by atoms with Crippen molar-refractivity contribution in [2.45, 2.75) is 71.2 Å². The third kappa shape index (κ3) is 4.72. The molecule has 194 valence electrons. The number of carbonyl (C=O) groups excluding carboxylic acids is 3. The normalized spacial score (nSPS) is 23.4. The SMILES string of the molecule is CC(C)(C)OC(=O)C1=C(/C=C/c2ccc3ccccc3n2)CC2CN(C(=O)OC(C)(C)C)C3C(=O)N1[C@H]23. The standard InChI is InChI=1S/C29H33N3O5/c1-28(2,3)36-26(34)23-18(12-14-20-13-11-17-9-7-8-10-21(17)30-20)15-19-16-31(27(35)37-29(4,5)6)24-22(19)32(23)25(24)33/h7-14,19,22,24H,15-16H2,1-6H3/b14-12+/t19?,22-,24?/m1/s1. The molecule has 0 aliphatic carbocycles. The molecule has 5 rings (SSSR count). The number of pyridine rings is 1. The van der Waals surface area contributed by atoms with Gasteiger partial charge in [-0.2, -0.15) is 0 Å². The monoisotopic (exact) mass is 503 g/mol. The molecule has 4 heterocycles. The third-order valence-electron chi connectivity index (χ3n) is 6.68. The molecule has 1 aromatic carbocycles. The Morgan fingerprint density at radius 2 is 1.68 bits per heavy atom. The van der Waals surface area contributed by atoms with Crippen molar-refractivity contribution in [3.8, 4) is 0 Å². The Bertz CT molecular complexity index is 1350. The van der Waals surface area contributed by atoms with Gasteiger partial charge in [-0.25, -0.2) is 14.6 Å². The molecule has 8 nitrogen and oxygen atoms in total. The molecule has 0 saturated carbocycles. The van der Waals surface area contributed by atoms with Crippen LogP contribution in [-0.2, 0) is 19.1 Å². The molecule has 3 aliphatic heterocycles. The first-order valence-corrected chi connectivity index (χ1v) is 12.7. The highest BCUT2D eigenvalue weighted by molar-refractivity contribution is 6.03. The molecule has 2 aromatic rings. The van der Waals surface area contributed by atoms with Gasteiger partial charge in [0, 0.05) is 17.8 Å². The first-order valence-electron chi connectivity index (χ1n) is 12.7. The Balaban J connectivity index is 1.48. The van der Waals surface area contributed by atoms with Crippen molar-refractivity contribution in [2.75, 3.05) is 6.54 Å². The molecule has 0 radical (unpaired) electrons. The van der Waals surface area contributed by atoms with Crippen molar-refractivity contribution in [2.24, 2.45) is 5.92 Å². The Morgan fingerprint density at radius 1 is 0.973 bits per heavy atom. The first-order chi connectivity index (χ1) is 17.3. The Morgan fingerprint density at radius 3 is 2.38 bits per heavy atom. The van der Waals surface area contributed by atoms with E-state index in [-0.39, 0.29) is 23.6 Å². The fraction of sp³-hybridized carbons (Fsp3) is 0.448. The van der Waals surface area contributed by atoms with Crippen molar-refractivity contribution in [1.82, 2.24) is 14.8 Å². The Hall–Kier alpha value is -3.68. The van der Waals surface area contributed by atoms with Gasteiger partial charge in [-0.3, -0.25) is 14.6 Å². The minimum atomic E-state index is -0.721. The van der Waals surface area contributed by atoms with E-state index in [2.05, 4.69) is 0 Å². The number of ether oxygens (including phenoxy) is 2. The minimum absolute atomic E-state index is 0.00869. The van der Waals surface area contributed by atoms with Crippen LogP contribution in [0.1, 0.15) is 53.7 Å². The highest BCUT2D eigenvalue weighted by Gasteiger charge is 2.64. The lowest BCUT2D eigenvalue weighted by Crippen LogP contribution is -2.69. The second kappa shape index (κ2) is 8.71. The second-order valence-electron chi connectivity index (χ2n) is 11.9. The van der Waals surface area contributed by atoms with Crippen LogP contribution in [0.5, 0.6) is 0 Å². The lowest BCUT2D eigenvalue weighted by molar-refractivity contribution is -0.163. The van der Waals surface area contributed by atoms with Crippen LogP contribution < -0.4 is 0 Å². The maximum Gasteiger partial charge on any atom is 0.411 e. The quantitative estimate of drug-likeness (QED) is 0.446. The van der Waals surface area contributed by atoms with Gasteiger partial charge in [-0.15, -0.1) is 0 Å². The van der Waals surface area contributed by atoms with Gasteiger partial charge in [0.25, 0.3) is 5.91 Å². The molecule has 2 amide bonds. The number of carbonyl (C=O) groups is 3. The van der Waals surface area contributed by atoms with Gasteiger partial charge in [0.05, 0.1) is 17.3 Å². The summed E-state index contributed by atoms with van der Waals surface area (Å²) in [6, 6.07) is 10.9. The number of esters is 1. The van der Waals surface area contributed by atoms with E-state index < -0.39 is 29.3 Å². The molecule has 3 aliphatic rings. The van der Waals surface area contributed by atoms with Gasteiger partial charge < -0.3 is 9.47 Å². The van der Waals surface area contributed by atoms with E-state index in [1.165, 1.54) is 9.80 Å². The summed E-state index contributed by atoms with van der Waals surface area (Å²) in [5, 5.41) is 1.04. The van der Waals surface area contributed by atoms with Gasteiger partial charge in [0.1, 0.15) is 22.9 Å². The van der Waals surface area contributed by atoms with Crippen LogP contribution in [0.4, 0.5) is 4.79 Å². The van der Waals surface area contributed by atoms with E-state index in [0.717, 1.165) is 16.6 Å². The van der Waals surface area contributed by atoms with E-state index in [0.29, 0.717) is 18.5 Å². The molecule has 2 unspecified atom stereocenters. The summed E-state index contributed by atoms with van der Waals surface area (Å²) in [6.45, 7) is 11.2. The molecule has 0 spiro atoms. The van der Waals surface area contributed by atoms with Crippen LogP contribution >= 0.6 is 0 Å². The lowest BCUT2D eigenvalue weighted by atomic mass is 9.79. The van der Waals surface area contributed by atoms with E-state index >= 15 is 0 Å². The van der Waals surface area contributed by atoms with E-state index in [1.54, 1.807) is 41.5 Å². The second-order valence-corrected chi connectivity index (χ2v) is 11.9. The number of likely N-dealkylation sites (tertiary alicyclic amines) is 1. The average Bonchev–Trinajstić information content (AvgIpc) is 3.16. The highest BCUT2D eigenvalue weighted by atomic mass is 16.6. The maximum absolute atomic E-state index is 13.4. The summed E-state index contributed by atoms with van der Waals surface area (Å²) in [5.74, 6) is -0.834. The number of hydrogen-bond acceptors (Lipinski definition) is 6. The predicted molar refractivity (Wildman–Crippen MR) is 139 cm³/mol. The van der Waals surface area contributed by atoms with E-state index in [9.17, 15) is 14.4 Å². The summed E-state index contributed by atoms with van der Waals surface area (Å²) in [4.78, 5) is 47.4. The number of hydrogen-bond donors (Lipinski definition) is 0. The molecular formula is C29H33N3O5. The zero-order chi connectivity index (χ0) is 26.7. The topological polar surface area (TPSA) is 89.0 Å². The largest absolute Gasteiger partial charge is 0.455 e. The average molecular weight is 504 g/mol. The number of amides is 2. The number of benzene rings is 1. The van der Waals surface area contributed by atoms with E-state index in [1.807, 2.05) is 48.6 Å². The van der Waals surface area contributed by atoms with E-state index in [4.69, 9.17) is 14.5 Å². The van der Waals surface area contributed by atoms with Crippen LogP contribution in [0.3, 0.4) is 0 Å². The summed E-state index contributed by atoms with van der Waals surface area (Å²) < 4.78 is 11.3. The van der Waals surface area contributed by atoms with Crippen LogP contribution in [0, 0.1) is 5.92 Å². The Kier molecular flexibility index (Phi) is 5.89. The van der Waals surface area contributed by atoms with Gasteiger partial charge in [-0.05, 0) is 71.7 Å². The third-order valence-corrected chi connectivity index (χ3v) is 6.68. The van der Waals surface area contributed by atoms with Gasteiger partial charge in [0.2, 0.25) is 0 Å².